The molecule has 0 bridgehead atoms. The topological polar surface area (TPSA) is 41.9 Å². The average Bonchev–Trinajstić information content (AvgIpc) is 2.66. The number of aromatic hydroxyl groups is 1. The summed E-state index contributed by atoms with van der Waals surface area (Å²) in [5.41, 5.74) is 4.61. The molecule has 1 atom stereocenters. The third kappa shape index (κ3) is 4.51. The predicted molar refractivity (Wildman–Crippen MR) is 117 cm³/mol. The second-order valence-electron chi connectivity index (χ2n) is 7.18. The van der Waals surface area contributed by atoms with Crippen molar-refractivity contribution in [3.63, 3.8) is 0 Å². The molecule has 0 fully saturated rings. The number of ether oxygens (including phenoxy) is 2. The fourth-order valence-corrected chi connectivity index (χ4v) is 4.14. The van der Waals surface area contributed by atoms with E-state index in [1.807, 2.05) is 12.1 Å². The summed E-state index contributed by atoms with van der Waals surface area (Å²) in [5, 5.41) is 10.5. The van der Waals surface area contributed by atoms with E-state index in [1.165, 1.54) is 11.1 Å². The molecule has 0 saturated heterocycles. The molecule has 3 rings (SSSR count). The molecule has 154 valence electrons. The number of methoxy groups -OCH3 is 2. The highest BCUT2D eigenvalue weighted by Gasteiger charge is 2.27. The molecule has 4 nitrogen and oxygen atoms in total. The van der Waals surface area contributed by atoms with E-state index in [-0.39, 0.29) is 24.2 Å². The zero-order chi connectivity index (χ0) is 19.6. The van der Waals surface area contributed by atoms with Crippen LogP contribution in [0.5, 0.6) is 17.2 Å². The summed E-state index contributed by atoms with van der Waals surface area (Å²) < 4.78 is 11.3. The monoisotopic (exact) mass is 425 g/mol. The van der Waals surface area contributed by atoms with Crippen molar-refractivity contribution in [1.29, 1.82) is 0 Å². The van der Waals surface area contributed by atoms with Crippen molar-refractivity contribution in [2.45, 2.75) is 38.6 Å². The number of benzene rings is 2. The number of phenolic OH excluding ortho intramolecular Hbond substituents is 1. The maximum atomic E-state index is 10.1. The number of phenols is 1. The van der Waals surface area contributed by atoms with Crippen molar-refractivity contribution in [2.75, 3.05) is 27.8 Å². The molecule has 1 N–H and O–H groups in total. The zero-order valence-corrected chi connectivity index (χ0v) is 18.5. The molecule has 1 heterocycles. The third-order valence-corrected chi connectivity index (χ3v) is 5.75. The summed E-state index contributed by atoms with van der Waals surface area (Å²) in [6.45, 7) is 3.11. The summed E-state index contributed by atoms with van der Waals surface area (Å²) in [7, 11) is 5.55. The van der Waals surface area contributed by atoms with Gasteiger partial charge in [-0.15, -0.1) is 12.4 Å². The van der Waals surface area contributed by atoms with Crippen LogP contribution in [0.1, 0.15) is 41.6 Å². The second-order valence-corrected chi connectivity index (χ2v) is 7.59. The lowest BCUT2D eigenvalue weighted by molar-refractivity contribution is 0.227. The lowest BCUT2D eigenvalue weighted by Gasteiger charge is -2.35. The Balaban J connectivity index is 0.00000280. The molecule has 0 radical (unpaired) electrons. The maximum absolute atomic E-state index is 10.1. The minimum Gasteiger partial charge on any atom is -0.506 e. The first-order valence-electron chi connectivity index (χ1n) is 9.43. The smallest absolute Gasteiger partial charge is 0.134 e. The quantitative estimate of drug-likeness (QED) is 0.689. The number of halogens is 2. The van der Waals surface area contributed by atoms with Crippen molar-refractivity contribution < 1.29 is 14.6 Å². The number of hydrogen-bond acceptors (Lipinski definition) is 4. The lowest BCUT2D eigenvalue weighted by Crippen LogP contribution is -2.33. The third-order valence-electron chi connectivity index (χ3n) is 5.45. The van der Waals surface area contributed by atoms with E-state index in [1.54, 1.807) is 14.2 Å². The standard InChI is InChI=1S/C22H28ClNO3.ClH/c1-5-6-15-11-22(27-4)16(12-21(15)26-3)10-19-17-13-20(25)18(23)9-14(17)7-8-24(19)2;/h9,11-13,19,25H,5-8,10H2,1-4H3;1H/t19-;/m0./s1. The molecule has 0 aromatic heterocycles. The first-order chi connectivity index (χ1) is 13.0. The first-order valence-corrected chi connectivity index (χ1v) is 9.81. The predicted octanol–water partition coefficient (Wildman–Crippen LogP) is 5.21. The highest BCUT2D eigenvalue weighted by Crippen LogP contribution is 2.39. The van der Waals surface area contributed by atoms with Crippen LogP contribution in [0.2, 0.25) is 5.02 Å². The van der Waals surface area contributed by atoms with Crippen LogP contribution in [0, 0.1) is 0 Å². The molecule has 0 saturated carbocycles. The van der Waals surface area contributed by atoms with Gasteiger partial charge >= 0.3 is 0 Å². The molecule has 2 aromatic rings. The van der Waals surface area contributed by atoms with E-state index in [2.05, 4.69) is 31.0 Å². The molecule has 28 heavy (non-hydrogen) atoms. The molecule has 1 aliphatic rings. The average molecular weight is 426 g/mol. The van der Waals surface area contributed by atoms with Gasteiger partial charge in [-0.3, -0.25) is 4.90 Å². The van der Waals surface area contributed by atoms with Gasteiger partial charge in [0.05, 0.1) is 19.2 Å². The van der Waals surface area contributed by atoms with E-state index in [0.29, 0.717) is 5.02 Å². The van der Waals surface area contributed by atoms with Crippen LogP contribution < -0.4 is 9.47 Å². The summed E-state index contributed by atoms with van der Waals surface area (Å²) >= 11 is 6.12. The van der Waals surface area contributed by atoms with Gasteiger partial charge in [0.2, 0.25) is 0 Å². The summed E-state index contributed by atoms with van der Waals surface area (Å²) in [6, 6.07) is 8.05. The molecule has 2 aromatic carbocycles. The summed E-state index contributed by atoms with van der Waals surface area (Å²) in [5.74, 6) is 1.93. The molecule has 1 aliphatic heterocycles. The van der Waals surface area contributed by atoms with E-state index in [0.717, 1.165) is 54.9 Å². The van der Waals surface area contributed by atoms with Gasteiger partial charge in [-0.1, -0.05) is 24.9 Å². The molecular formula is C22H29Cl2NO3. The number of aryl methyl sites for hydroxylation is 1. The van der Waals surface area contributed by atoms with Gasteiger partial charge in [0.25, 0.3) is 0 Å². The first kappa shape index (κ1) is 22.7. The maximum Gasteiger partial charge on any atom is 0.134 e. The van der Waals surface area contributed by atoms with Gasteiger partial charge in [0.15, 0.2) is 0 Å². The molecule has 0 unspecified atom stereocenters. The second kappa shape index (κ2) is 9.73. The van der Waals surface area contributed by atoms with Crippen LogP contribution in [0.15, 0.2) is 24.3 Å². The van der Waals surface area contributed by atoms with Gasteiger partial charge in [-0.05, 0) is 72.8 Å². The minimum absolute atomic E-state index is 0. The number of rotatable bonds is 6. The lowest BCUT2D eigenvalue weighted by atomic mass is 9.88. The van der Waals surface area contributed by atoms with Crippen molar-refractivity contribution in [3.05, 3.63) is 51.5 Å². The number of hydrogen-bond donors (Lipinski definition) is 1. The van der Waals surface area contributed by atoms with E-state index in [4.69, 9.17) is 21.1 Å². The normalized spacial score (nSPS) is 16.2. The van der Waals surface area contributed by atoms with Crippen LogP contribution in [-0.4, -0.2) is 37.8 Å². The van der Waals surface area contributed by atoms with E-state index < -0.39 is 0 Å². The van der Waals surface area contributed by atoms with Crippen molar-refractivity contribution in [1.82, 2.24) is 4.90 Å². The van der Waals surface area contributed by atoms with Crippen molar-refractivity contribution >= 4 is 24.0 Å². The highest BCUT2D eigenvalue weighted by molar-refractivity contribution is 6.32. The molecular weight excluding hydrogens is 397 g/mol. The van der Waals surface area contributed by atoms with Crippen LogP contribution in [0.25, 0.3) is 0 Å². The Morgan fingerprint density at radius 1 is 1.11 bits per heavy atom. The largest absolute Gasteiger partial charge is 0.506 e. The SMILES string of the molecule is CCCc1cc(OC)c(C[C@H]2c3cc(O)c(Cl)cc3CCN2C)cc1OC.Cl. The highest BCUT2D eigenvalue weighted by atomic mass is 35.5. The molecule has 0 aliphatic carbocycles. The van der Waals surface area contributed by atoms with Crippen LogP contribution in [0.4, 0.5) is 0 Å². The Hall–Kier alpha value is -1.62. The number of nitrogens with zero attached hydrogens (tertiary/aromatic N) is 1. The Morgan fingerprint density at radius 2 is 1.75 bits per heavy atom. The van der Waals surface area contributed by atoms with Crippen LogP contribution >= 0.6 is 24.0 Å². The van der Waals surface area contributed by atoms with Crippen LogP contribution in [0.3, 0.4) is 0 Å². The summed E-state index contributed by atoms with van der Waals surface area (Å²) in [6.07, 6.45) is 3.71. The van der Waals surface area contributed by atoms with Gasteiger partial charge in [-0.2, -0.15) is 0 Å². The fourth-order valence-electron chi connectivity index (χ4n) is 3.96. The van der Waals surface area contributed by atoms with Gasteiger partial charge < -0.3 is 14.6 Å². The Labute approximate surface area is 178 Å². The van der Waals surface area contributed by atoms with E-state index in [9.17, 15) is 5.11 Å². The van der Waals surface area contributed by atoms with Crippen LogP contribution in [-0.2, 0) is 19.3 Å². The molecule has 0 spiro atoms. The van der Waals surface area contributed by atoms with Crippen molar-refractivity contribution in [3.8, 4) is 17.2 Å². The number of likely N-dealkylation sites (N-methyl/N-ethyl adjacent to an activating group) is 1. The van der Waals surface area contributed by atoms with Gasteiger partial charge in [0.1, 0.15) is 17.2 Å². The zero-order valence-electron chi connectivity index (χ0n) is 16.9. The van der Waals surface area contributed by atoms with Crippen molar-refractivity contribution in [2.24, 2.45) is 0 Å². The minimum atomic E-state index is 0. The van der Waals surface area contributed by atoms with Gasteiger partial charge in [-0.25, -0.2) is 0 Å². The van der Waals surface area contributed by atoms with Gasteiger partial charge in [0, 0.05) is 12.6 Å². The Bertz CT molecular complexity index is 826. The Kier molecular flexibility index (Phi) is 7.87. The number of fused-ring (bicyclic) bond motifs is 1. The summed E-state index contributed by atoms with van der Waals surface area (Å²) in [4.78, 5) is 2.32. The molecule has 0 amide bonds. The fraction of sp³-hybridized carbons (Fsp3) is 0.455. The molecule has 6 heteroatoms. The van der Waals surface area contributed by atoms with E-state index >= 15 is 0 Å². The Morgan fingerprint density at radius 3 is 2.39 bits per heavy atom.